The van der Waals surface area contributed by atoms with Crippen molar-refractivity contribution >= 4 is 75.4 Å². The first-order chi connectivity index (χ1) is 57.4. The average molecular weight is 1470 g/mol. The summed E-state index contributed by atoms with van der Waals surface area (Å²) in [6.07, 6.45) is 0. The molecular formula is C108H62N8. The van der Waals surface area contributed by atoms with Crippen molar-refractivity contribution in [3.63, 3.8) is 0 Å². The van der Waals surface area contributed by atoms with Crippen LogP contribution in [0.25, 0.3) is 233 Å². The summed E-state index contributed by atoms with van der Waals surface area (Å²) >= 11 is 0. The molecule has 0 amide bonds. The Morgan fingerprint density at radius 1 is 0.164 bits per heavy atom. The highest BCUT2D eigenvalue weighted by Crippen LogP contribution is 2.55. The van der Waals surface area contributed by atoms with Gasteiger partial charge in [0, 0.05) is 33.4 Å². The summed E-state index contributed by atoms with van der Waals surface area (Å²) in [7, 11) is 0. The molecule has 8 heteroatoms. The maximum absolute atomic E-state index is 9.59. The van der Waals surface area contributed by atoms with E-state index in [1.807, 2.05) is 127 Å². The van der Waals surface area contributed by atoms with Crippen molar-refractivity contribution in [2.75, 3.05) is 0 Å². The second-order valence-corrected chi connectivity index (χ2v) is 29.7. The molecule has 534 valence electrons. The summed E-state index contributed by atoms with van der Waals surface area (Å²) in [4.78, 5) is 30.4. The Bertz CT molecular complexity index is 7610. The monoisotopic (exact) mass is 1470 g/mol. The number of fused-ring (bicyclic) bond motifs is 11. The van der Waals surface area contributed by atoms with Gasteiger partial charge in [0.15, 0.2) is 34.9 Å². The Hall–Kier alpha value is -16.0. The quantitative estimate of drug-likeness (QED) is 0.124. The second-order valence-electron chi connectivity index (χ2n) is 29.7. The third kappa shape index (κ3) is 11.4. The first-order valence-electron chi connectivity index (χ1n) is 38.9. The molecule has 0 saturated carbocycles. The topological polar surface area (TPSA) is 125 Å². The molecule has 0 atom stereocenters. The minimum Gasteiger partial charge on any atom is -0.208 e. The van der Waals surface area contributed by atoms with Gasteiger partial charge in [0.25, 0.3) is 0 Å². The number of hydrogen-bond acceptors (Lipinski definition) is 8. The van der Waals surface area contributed by atoms with Gasteiger partial charge in [0.1, 0.15) is 0 Å². The Morgan fingerprint density at radius 2 is 0.448 bits per heavy atom. The van der Waals surface area contributed by atoms with E-state index in [9.17, 15) is 10.5 Å². The highest BCUT2D eigenvalue weighted by atomic mass is 15.0. The molecule has 23 rings (SSSR count). The lowest BCUT2D eigenvalue weighted by atomic mass is 9.85. The average Bonchev–Trinajstić information content (AvgIpc) is 1.34. The summed E-state index contributed by atoms with van der Waals surface area (Å²) in [5.74, 6) is 3.83. The van der Waals surface area contributed by atoms with Crippen LogP contribution in [-0.2, 0) is 0 Å². The van der Waals surface area contributed by atoms with E-state index in [0.29, 0.717) is 46.1 Å². The van der Waals surface area contributed by atoms with E-state index in [1.54, 1.807) is 0 Å². The van der Waals surface area contributed by atoms with Gasteiger partial charge < -0.3 is 0 Å². The van der Waals surface area contributed by atoms with Crippen LogP contribution in [0.4, 0.5) is 0 Å². The number of hydrogen-bond donors (Lipinski definition) is 0. The van der Waals surface area contributed by atoms with Crippen LogP contribution in [0.5, 0.6) is 0 Å². The number of aromatic nitrogens is 6. The van der Waals surface area contributed by atoms with Crippen molar-refractivity contribution in [1.29, 1.82) is 10.5 Å². The lowest BCUT2D eigenvalue weighted by Gasteiger charge is -2.18. The molecule has 0 fully saturated rings. The fourth-order valence-corrected chi connectivity index (χ4v) is 17.7. The van der Waals surface area contributed by atoms with E-state index >= 15 is 0 Å². The smallest absolute Gasteiger partial charge is 0.165 e. The molecule has 0 N–H and O–H groups in total. The standard InChI is InChI=1S/C56H32N4.C52H30N4/c57-33-34-22-23-38-31-40(25-24-37(38)30-34)42-26-27-47-43-18-9-10-19-44(43)48-28-29-49(51(42)52(47)48)45-20-11-21-46-50(45)32-39-16-7-8-17-41(39)53(46)56-59-54(35-12-3-1-4-13-35)58-55(60-56)36-14-5-2-6-15-36;53-31-32-15-16-36-28-39(20-17-35(36)27-32)42-23-25-46-44-13-7-8-14-45(44)47-26-24-43(48(42)49(46)47)40-21-18-38-30-41(22-19-37(38)29-40)52-55-50(33-9-3-1-4-10-33)54-51(56-52)34-11-5-2-6-12-34/h1-32H;1-30H. The van der Waals surface area contributed by atoms with Gasteiger partial charge in [0.2, 0.25) is 0 Å². The van der Waals surface area contributed by atoms with Crippen LogP contribution in [0, 0.1) is 22.7 Å². The first-order valence-corrected chi connectivity index (χ1v) is 38.9. The molecule has 8 nitrogen and oxygen atoms in total. The molecule has 19 aromatic carbocycles. The van der Waals surface area contributed by atoms with Crippen molar-refractivity contribution in [3.8, 4) is 169 Å². The van der Waals surface area contributed by atoms with Crippen molar-refractivity contribution < 1.29 is 0 Å². The lowest BCUT2D eigenvalue weighted by molar-refractivity contribution is 1.07. The Morgan fingerprint density at radius 3 is 0.853 bits per heavy atom. The maximum Gasteiger partial charge on any atom is 0.165 e. The summed E-state index contributed by atoms with van der Waals surface area (Å²) in [5, 5.41) is 35.1. The van der Waals surface area contributed by atoms with E-state index < -0.39 is 0 Å². The molecule has 2 aliphatic rings. The van der Waals surface area contributed by atoms with Gasteiger partial charge in [-0.1, -0.05) is 322 Å². The summed E-state index contributed by atoms with van der Waals surface area (Å²) in [6, 6.07) is 137. The zero-order chi connectivity index (χ0) is 76.9. The van der Waals surface area contributed by atoms with Gasteiger partial charge in [-0.05, 0) is 219 Å². The molecule has 0 bridgehead atoms. The molecule has 2 heterocycles. The van der Waals surface area contributed by atoms with Crippen molar-refractivity contribution in [2.45, 2.75) is 0 Å². The molecular weight excluding hydrogens is 1410 g/mol. The maximum atomic E-state index is 9.59. The van der Waals surface area contributed by atoms with Gasteiger partial charge in [-0.15, -0.1) is 0 Å². The van der Waals surface area contributed by atoms with E-state index in [0.717, 1.165) is 115 Å². The predicted octanol–water partition coefficient (Wildman–Crippen LogP) is 27.5. The van der Waals surface area contributed by atoms with Gasteiger partial charge in [-0.3, -0.25) is 0 Å². The summed E-state index contributed by atoms with van der Waals surface area (Å²) in [5.41, 5.74) is 26.4. The number of benzene rings is 19. The van der Waals surface area contributed by atoms with Crippen LogP contribution < -0.4 is 0 Å². The van der Waals surface area contributed by atoms with Crippen LogP contribution in [0.2, 0.25) is 0 Å². The first kappa shape index (κ1) is 66.9. The molecule has 116 heavy (non-hydrogen) atoms. The van der Waals surface area contributed by atoms with Gasteiger partial charge in [-0.25, -0.2) is 29.9 Å². The second kappa shape index (κ2) is 27.5. The largest absolute Gasteiger partial charge is 0.208 e. The molecule has 2 aromatic heterocycles. The van der Waals surface area contributed by atoms with Crippen LogP contribution in [0.15, 0.2) is 376 Å². The van der Waals surface area contributed by atoms with E-state index in [-0.39, 0.29) is 0 Å². The summed E-state index contributed by atoms with van der Waals surface area (Å²) < 4.78 is 0. The number of nitriles is 2. The van der Waals surface area contributed by atoms with Crippen molar-refractivity contribution in [3.05, 3.63) is 387 Å². The van der Waals surface area contributed by atoms with Crippen LogP contribution in [0.3, 0.4) is 0 Å². The van der Waals surface area contributed by atoms with Gasteiger partial charge in [-0.2, -0.15) is 10.5 Å². The van der Waals surface area contributed by atoms with Gasteiger partial charge in [0.05, 0.1) is 23.3 Å². The lowest BCUT2D eigenvalue weighted by Crippen LogP contribution is -2.01. The number of rotatable bonds is 10. The highest BCUT2D eigenvalue weighted by Gasteiger charge is 2.29. The van der Waals surface area contributed by atoms with Crippen molar-refractivity contribution in [2.24, 2.45) is 0 Å². The molecule has 0 radical (unpaired) electrons. The highest BCUT2D eigenvalue weighted by molar-refractivity contribution is 6.26. The van der Waals surface area contributed by atoms with Crippen LogP contribution in [0.1, 0.15) is 11.1 Å². The van der Waals surface area contributed by atoms with E-state index in [1.165, 1.54) is 82.7 Å². The predicted molar refractivity (Wildman–Crippen MR) is 475 cm³/mol. The summed E-state index contributed by atoms with van der Waals surface area (Å²) in [6.45, 7) is 0. The van der Waals surface area contributed by atoms with Crippen molar-refractivity contribution in [1.82, 2.24) is 29.9 Å². The number of nitrogens with zero attached hydrogens (tertiary/aromatic N) is 8. The van der Waals surface area contributed by atoms with Crippen LogP contribution >= 0.6 is 0 Å². The Balaban J connectivity index is 0.000000141. The Kier molecular flexibility index (Phi) is 15.9. The fraction of sp³-hybridized carbons (Fsp3) is 0. The third-order valence-corrected chi connectivity index (χ3v) is 23.1. The molecule has 0 unspecified atom stereocenters. The normalized spacial score (nSPS) is 11.6. The van der Waals surface area contributed by atoms with Gasteiger partial charge >= 0.3 is 0 Å². The fourth-order valence-electron chi connectivity index (χ4n) is 17.7. The molecule has 2 aliphatic carbocycles. The minimum absolute atomic E-state index is 0.632. The zero-order valence-corrected chi connectivity index (χ0v) is 62.4. The van der Waals surface area contributed by atoms with E-state index in [2.05, 4.69) is 261 Å². The van der Waals surface area contributed by atoms with E-state index in [4.69, 9.17) is 29.9 Å². The Labute approximate surface area is 668 Å². The molecule has 21 aromatic rings. The van der Waals surface area contributed by atoms with Crippen LogP contribution in [-0.4, -0.2) is 29.9 Å². The third-order valence-electron chi connectivity index (χ3n) is 23.1. The molecule has 0 saturated heterocycles. The SMILES string of the molecule is N#Cc1ccc2cc(-c3ccc4c5c(ccc(-c6ccc7cc(-c8nc(-c9ccccc9)nc(-c9ccccc9)n8)ccc7c6)c35)-c3ccccc3-4)ccc2c1.N#Cc1ccc2cc(-c3ccc4c5c(ccc(-c6cccc7c(-c8nc(-c9ccccc9)nc(-c9ccccc9)n8)c8ccccc8cc67)c35)-c3ccccc3-4)ccc2c1. The zero-order valence-electron chi connectivity index (χ0n) is 62.4. The molecule has 0 spiro atoms. The molecule has 0 aliphatic heterocycles. The minimum atomic E-state index is 0.632.